The van der Waals surface area contributed by atoms with Crippen LogP contribution in [0.1, 0.15) is 11.1 Å². The van der Waals surface area contributed by atoms with E-state index in [4.69, 9.17) is 18.0 Å². The van der Waals surface area contributed by atoms with E-state index in [-0.39, 0.29) is 0 Å². The van der Waals surface area contributed by atoms with Crippen LogP contribution in [-0.4, -0.2) is 47.6 Å². The zero-order chi connectivity index (χ0) is 13.7. The highest BCUT2D eigenvalue weighted by molar-refractivity contribution is 7.99. The Morgan fingerprint density at radius 3 is 2.84 bits per heavy atom. The number of aryl methyl sites for hydroxylation is 1. The first-order valence-corrected chi connectivity index (χ1v) is 8.17. The molecule has 3 N–H and O–H groups in total. The first-order valence-electron chi connectivity index (χ1n) is 6.61. The molecule has 2 rings (SSSR count). The molecule has 5 heteroatoms. The van der Waals surface area contributed by atoms with Crippen LogP contribution in [0.25, 0.3) is 0 Å². The number of rotatable bonds is 5. The largest absolute Gasteiger partial charge is 0.389 e. The molecule has 1 heterocycles. The van der Waals surface area contributed by atoms with Crippen LogP contribution in [0.2, 0.25) is 0 Å². The predicted octanol–water partition coefficient (Wildman–Crippen LogP) is 2.09. The molecule has 1 aromatic rings. The number of hydrogen-bond donors (Lipinski definition) is 2. The van der Waals surface area contributed by atoms with E-state index in [2.05, 4.69) is 29.3 Å². The minimum atomic E-state index is 0.459. The molecule has 0 atom stereocenters. The molecule has 0 amide bonds. The molecule has 19 heavy (non-hydrogen) atoms. The second kappa shape index (κ2) is 7.12. The van der Waals surface area contributed by atoms with Crippen LogP contribution in [0.4, 0.5) is 5.69 Å². The number of nitrogens with two attached hydrogens (primary N) is 1. The maximum Gasteiger partial charge on any atom is 0.106 e. The fourth-order valence-corrected chi connectivity index (χ4v) is 3.34. The van der Waals surface area contributed by atoms with Gasteiger partial charge in [0.15, 0.2) is 0 Å². The van der Waals surface area contributed by atoms with Gasteiger partial charge in [-0.1, -0.05) is 23.8 Å². The Hall–Kier alpha value is -0.780. The smallest absolute Gasteiger partial charge is 0.106 e. The minimum absolute atomic E-state index is 0.459. The van der Waals surface area contributed by atoms with Gasteiger partial charge in [0.2, 0.25) is 0 Å². The third-order valence-corrected chi connectivity index (χ3v) is 4.45. The van der Waals surface area contributed by atoms with Gasteiger partial charge in [-0.05, 0) is 19.1 Å². The molecule has 1 fully saturated rings. The normalized spacial score (nSPS) is 16.3. The van der Waals surface area contributed by atoms with Crippen molar-refractivity contribution in [3.05, 3.63) is 29.3 Å². The van der Waals surface area contributed by atoms with Gasteiger partial charge in [0, 0.05) is 48.9 Å². The summed E-state index contributed by atoms with van der Waals surface area (Å²) in [6, 6.07) is 6.19. The minimum Gasteiger partial charge on any atom is -0.389 e. The monoisotopic (exact) mass is 295 g/mol. The van der Waals surface area contributed by atoms with Gasteiger partial charge in [-0.2, -0.15) is 11.8 Å². The molecule has 0 spiro atoms. The van der Waals surface area contributed by atoms with Crippen LogP contribution < -0.4 is 11.1 Å². The van der Waals surface area contributed by atoms with Gasteiger partial charge in [0.1, 0.15) is 4.99 Å². The van der Waals surface area contributed by atoms with Gasteiger partial charge >= 0.3 is 0 Å². The van der Waals surface area contributed by atoms with Crippen LogP contribution in [0.15, 0.2) is 18.2 Å². The van der Waals surface area contributed by atoms with E-state index in [1.165, 1.54) is 30.2 Å². The molecule has 0 bridgehead atoms. The number of hydrogen-bond acceptors (Lipinski definition) is 4. The molecule has 0 aliphatic carbocycles. The van der Waals surface area contributed by atoms with E-state index >= 15 is 0 Å². The summed E-state index contributed by atoms with van der Waals surface area (Å²) < 4.78 is 0. The Morgan fingerprint density at radius 2 is 2.16 bits per heavy atom. The molecular weight excluding hydrogens is 274 g/mol. The van der Waals surface area contributed by atoms with Crippen molar-refractivity contribution in [1.29, 1.82) is 0 Å². The van der Waals surface area contributed by atoms with Crippen molar-refractivity contribution in [2.75, 3.05) is 43.0 Å². The van der Waals surface area contributed by atoms with Gasteiger partial charge in [-0.15, -0.1) is 0 Å². The van der Waals surface area contributed by atoms with Gasteiger partial charge in [-0.25, -0.2) is 0 Å². The van der Waals surface area contributed by atoms with Crippen LogP contribution in [0.3, 0.4) is 0 Å². The van der Waals surface area contributed by atoms with Crippen molar-refractivity contribution in [1.82, 2.24) is 4.90 Å². The van der Waals surface area contributed by atoms with Gasteiger partial charge in [0.05, 0.1) is 0 Å². The lowest BCUT2D eigenvalue weighted by molar-refractivity contribution is 0.314. The molecule has 104 valence electrons. The molecule has 3 nitrogen and oxygen atoms in total. The van der Waals surface area contributed by atoms with Crippen molar-refractivity contribution in [3.8, 4) is 0 Å². The number of thioether (sulfide) groups is 1. The van der Waals surface area contributed by atoms with E-state index in [9.17, 15) is 0 Å². The standard InChI is InChI=1S/C14H21N3S2/c1-11-2-3-13(12(10-11)14(15)18)16-4-5-17-6-8-19-9-7-17/h2-3,10,16H,4-9H2,1H3,(H2,15,18). The van der Waals surface area contributed by atoms with Gasteiger partial charge in [0.25, 0.3) is 0 Å². The molecule has 0 saturated carbocycles. The highest BCUT2D eigenvalue weighted by Gasteiger charge is 2.10. The van der Waals surface area contributed by atoms with Crippen molar-refractivity contribution in [3.63, 3.8) is 0 Å². The summed E-state index contributed by atoms with van der Waals surface area (Å²) >= 11 is 7.15. The van der Waals surface area contributed by atoms with Crippen LogP contribution >= 0.6 is 24.0 Å². The molecule has 1 aromatic carbocycles. The lowest BCUT2D eigenvalue weighted by Crippen LogP contribution is -2.36. The average molecular weight is 295 g/mol. The second-order valence-electron chi connectivity index (χ2n) is 4.79. The van der Waals surface area contributed by atoms with Crippen molar-refractivity contribution < 1.29 is 0 Å². The SMILES string of the molecule is Cc1ccc(NCCN2CCSCC2)c(C(N)=S)c1. The second-order valence-corrected chi connectivity index (χ2v) is 6.46. The van der Waals surface area contributed by atoms with E-state index in [0.29, 0.717) is 4.99 Å². The Morgan fingerprint density at radius 1 is 1.42 bits per heavy atom. The number of nitrogens with one attached hydrogen (secondary N) is 1. The third kappa shape index (κ3) is 4.37. The van der Waals surface area contributed by atoms with E-state index in [1.54, 1.807) is 0 Å². The Kier molecular flexibility index (Phi) is 5.48. The Balaban J connectivity index is 1.89. The number of anilines is 1. The summed E-state index contributed by atoms with van der Waals surface area (Å²) in [6.45, 7) is 6.45. The van der Waals surface area contributed by atoms with Crippen LogP contribution in [-0.2, 0) is 0 Å². The summed E-state index contributed by atoms with van der Waals surface area (Å²) in [5, 5.41) is 3.45. The summed E-state index contributed by atoms with van der Waals surface area (Å²) in [4.78, 5) is 2.96. The zero-order valence-electron chi connectivity index (χ0n) is 11.3. The van der Waals surface area contributed by atoms with E-state index in [0.717, 1.165) is 24.3 Å². The number of benzene rings is 1. The maximum atomic E-state index is 5.78. The molecule has 0 unspecified atom stereocenters. The average Bonchev–Trinajstić information content (AvgIpc) is 2.41. The van der Waals surface area contributed by atoms with E-state index in [1.807, 2.05) is 17.8 Å². The van der Waals surface area contributed by atoms with Crippen molar-refractivity contribution in [2.45, 2.75) is 6.92 Å². The summed E-state index contributed by atoms with van der Waals surface area (Å²) in [7, 11) is 0. The Labute approximate surface area is 124 Å². The number of nitrogens with zero attached hydrogens (tertiary/aromatic N) is 1. The topological polar surface area (TPSA) is 41.3 Å². The molecule has 0 aromatic heterocycles. The molecule has 1 aliphatic rings. The quantitative estimate of drug-likeness (QED) is 0.814. The highest BCUT2D eigenvalue weighted by atomic mass is 32.2. The van der Waals surface area contributed by atoms with Gasteiger partial charge < -0.3 is 11.1 Å². The maximum absolute atomic E-state index is 5.78. The molecule has 1 saturated heterocycles. The predicted molar refractivity (Wildman–Crippen MR) is 89.3 cm³/mol. The molecule has 1 aliphatic heterocycles. The van der Waals surface area contributed by atoms with Crippen LogP contribution in [0.5, 0.6) is 0 Å². The first kappa shape index (κ1) is 14.6. The lowest BCUT2D eigenvalue weighted by Gasteiger charge is -2.26. The van der Waals surface area contributed by atoms with Gasteiger partial charge in [-0.3, -0.25) is 4.90 Å². The fourth-order valence-electron chi connectivity index (χ4n) is 2.19. The fraction of sp³-hybridized carbons (Fsp3) is 0.500. The number of thiocarbonyl (C=S) groups is 1. The highest BCUT2D eigenvalue weighted by Crippen LogP contribution is 2.17. The summed E-state index contributed by atoms with van der Waals surface area (Å²) in [5.41, 5.74) is 8.95. The molecular formula is C14H21N3S2. The lowest BCUT2D eigenvalue weighted by atomic mass is 10.1. The van der Waals surface area contributed by atoms with Crippen molar-refractivity contribution in [2.24, 2.45) is 5.73 Å². The third-order valence-electron chi connectivity index (χ3n) is 3.29. The molecule has 0 radical (unpaired) electrons. The first-order chi connectivity index (χ1) is 9.16. The Bertz CT molecular complexity index is 442. The summed E-state index contributed by atoms with van der Waals surface area (Å²) in [5.74, 6) is 2.51. The van der Waals surface area contributed by atoms with E-state index < -0.39 is 0 Å². The summed E-state index contributed by atoms with van der Waals surface area (Å²) in [6.07, 6.45) is 0. The van der Waals surface area contributed by atoms with Crippen molar-refractivity contribution >= 4 is 34.7 Å². The zero-order valence-corrected chi connectivity index (χ0v) is 12.9. The van der Waals surface area contributed by atoms with Crippen LogP contribution in [0, 0.1) is 6.92 Å².